The molecule has 0 saturated heterocycles. The highest BCUT2D eigenvalue weighted by Gasteiger charge is 2.45. The average Bonchev–Trinajstić information content (AvgIpc) is 2.17. The van der Waals surface area contributed by atoms with Crippen LogP contribution in [-0.4, -0.2) is 21.8 Å². The van der Waals surface area contributed by atoms with Crippen molar-refractivity contribution in [2.75, 3.05) is 0 Å². The van der Waals surface area contributed by atoms with Crippen LogP contribution >= 0.6 is 0 Å². The van der Waals surface area contributed by atoms with E-state index in [1.165, 1.54) is 0 Å². The second-order valence-electron chi connectivity index (χ2n) is 4.45. The zero-order chi connectivity index (χ0) is 10.8. The average molecular weight is 200 g/mol. The summed E-state index contributed by atoms with van der Waals surface area (Å²) in [6, 6.07) is 0. The fraction of sp³-hybridized carbons (Fsp3) is 0.909. The van der Waals surface area contributed by atoms with E-state index in [9.17, 15) is 9.90 Å². The van der Waals surface area contributed by atoms with E-state index in [1.54, 1.807) is 6.92 Å². The van der Waals surface area contributed by atoms with Crippen LogP contribution < -0.4 is 0 Å². The summed E-state index contributed by atoms with van der Waals surface area (Å²) < 4.78 is 0. The Balaban J connectivity index is 2.81. The molecule has 1 aliphatic rings. The number of aliphatic carboxylic acids is 1. The van der Waals surface area contributed by atoms with Crippen LogP contribution in [0.1, 0.15) is 46.0 Å². The fourth-order valence-corrected chi connectivity index (χ4v) is 2.60. The largest absolute Gasteiger partial charge is 0.479 e. The molecule has 3 unspecified atom stereocenters. The first-order chi connectivity index (χ1) is 6.52. The molecule has 0 heterocycles. The molecule has 0 aromatic rings. The lowest BCUT2D eigenvalue weighted by atomic mass is 9.70. The molecule has 3 heteroatoms. The Morgan fingerprint density at radius 1 is 1.43 bits per heavy atom. The Bertz CT molecular complexity index is 215. The van der Waals surface area contributed by atoms with E-state index in [0.29, 0.717) is 12.3 Å². The standard InChI is InChI=1S/C11H20O3/c1-3-11(14,10(12)13)9-7-5-4-6-8(9)2/h8-9,14H,3-7H2,1-2H3,(H,12,13). The van der Waals surface area contributed by atoms with E-state index in [-0.39, 0.29) is 5.92 Å². The molecule has 2 N–H and O–H groups in total. The van der Waals surface area contributed by atoms with Gasteiger partial charge < -0.3 is 10.2 Å². The Labute approximate surface area is 85.1 Å². The molecule has 1 aliphatic carbocycles. The highest BCUT2D eigenvalue weighted by molar-refractivity contribution is 5.77. The summed E-state index contributed by atoms with van der Waals surface area (Å²) in [7, 11) is 0. The van der Waals surface area contributed by atoms with Crippen molar-refractivity contribution in [1.82, 2.24) is 0 Å². The van der Waals surface area contributed by atoms with Gasteiger partial charge in [-0.1, -0.05) is 33.1 Å². The third kappa shape index (κ3) is 1.92. The molecule has 0 spiro atoms. The minimum Gasteiger partial charge on any atom is -0.479 e. The predicted molar refractivity (Wildman–Crippen MR) is 54.0 cm³/mol. The Kier molecular flexibility index (Phi) is 3.53. The lowest BCUT2D eigenvalue weighted by Gasteiger charge is -2.38. The number of carboxylic acids is 1. The van der Waals surface area contributed by atoms with Gasteiger partial charge in [-0.05, 0) is 18.8 Å². The zero-order valence-electron chi connectivity index (χ0n) is 8.99. The number of aliphatic hydroxyl groups is 1. The van der Waals surface area contributed by atoms with Gasteiger partial charge in [0.1, 0.15) is 0 Å². The van der Waals surface area contributed by atoms with Gasteiger partial charge in [0, 0.05) is 5.92 Å². The van der Waals surface area contributed by atoms with Gasteiger partial charge >= 0.3 is 5.97 Å². The Hall–Kier alpha value is -0.570. The number of hydrogen-bond acceptors (Lipinski definition) is 2. The summed E-state index contributed by atoms with van der Waals surface area (Å²) in [4.78, 5) is 11.0. The topological polar surface area (TPSA) is 57.5 Å². The maximum absolute atomic E-state index is 11.0. The van der Waals surface area contributed by atoms with E-state index in [4.69, 9.17) is 5.11 Å². The Morgan fingerprint density at radius 2 is 2.00 bits per heavy atom. The third-order valence-corrected chi connectivity index (χ3v) is 3.63. The van der Waals surface area contributed by atoms with Gasteiger partial charge in [0.15, 0.2) is 5.60 Å². The normalized spacial score (nSPS) is 32.2. The zero-order valence-corrected chi connectivity index (χ0v) is 8.99. The SMILES string of the molecule is CCC(O)(C(=O)O)C1CCCCC1C. The lowest BCUT2D eigenvalue weighted by Crippen LogP contribution is -2.48. The summed E-state index contributed by atoms with van der Waals surface area (Å²) in [5.74, 6) is -0.803. The van der Waals surface area contributed by atoms with Gasteiger partial charge in [0.2, 0.25) is 0 Å². The molecule has 82 valence electrons. The van der Waals surface area contributed by atoms with Crippen molar-refractivity contribution in [1.29, 1.82) is 0 Å². The second kappa shape index (κ2) is 4.30. The smallest absolute Gasteiger partial charge is 0.335 e. The molecule has 0 radical (unpaired) electrons. The molecule has 0 bridgehead atoms. The van der Waals surface area contributed by atoms with Gasteiger partial charge in [0.25, 0.3) is 0 Å². The fourth-order valence-electron chi connectivity index (χ4n) is 2.60. The monoisotopic (exact) mass is 200 g/mol. The molecular formula is C11H20O3. The number of rotatable bonds is 3. The summed E-state index contributed by atoms with van der Waals surface area (Å²) in [6.45, 7) is 3.79. The van der Waals surface area contributed by atoms with Crippen LogP contribution in [0.3, 0.4) is 0 Å². The summed E-state index contributed by atoms with van der Waals surface area (Å²) in [5.41, 5.74) is -1.50. The molecule has 1 saturated carbocycles. The maximum atomic E-state index is 11.0. The molecule has 0 amide bonds. The van der Waals surface area contributed by atoms with Crippen LogP contribution in [0.4, 0.5) is 0 Å². The first kappa shape index (κ1) is 11.5. The van der Waals surface area contributed by atoms with E-state index in [0.717, 1.165) is 25.7 Å². The van der Waals surface area contributed by atoms with Crippen molar-refractivity contribution in [3.8, 4) is 0 Å². The summed E-state index contributed by atoms with van der Waals surface area (Å²) >= 11 is 0. The van der Waals surface area contributed by atoms with Crippen LogP contribution in [-0.2, 0) is 4.79 Å². The molecule has 0 aromatic carbocycles. The van der Waals surface area contributed by atoms with E-state index in [1.807, 2.05) is 6.92 Å². The van der Waals surface area contributed by atoms with Crippen molar-refractivity contribution in [2.24, 2.45) is 11.8 Å². The van der Waals surface area contributed by atoms with Crippen LogP contribution in [0, 0.1) is 11.8 Å². The van der Waals surface area contributed by atoms with Crippen LogP contribution in [0.15, 0.2) is 0 Å². The lowest BCUT2D eigenvalue weighted by molar-refractivity contribution is -0.169. The first-order valence-corrected chi connectivity index (χ1v) is 5.48. The summed E-state index contributed by atoms with van der Waals surface area (Å²) in [5, 5.41) is 19.1. The van der Waals surface area contributed by atoms with Gasteiger partial charge in [0.05, 0.1) is 0 Å². The van der Waals surface area contributed by atoms with Crippen molar-refractivity contribution >= 4 is 5.97 Å². The van der Waals surface area contributed by atoms with Gasteiger partial charge in [-0.15, -0.1) is 0 Å². The van der Waals surface area contributed by atoms with Crippen LogP contribution in [0.5, 0.6) is 0 Å². The minimum absolute atomic E-state index is 0.0706. The van der Waals surface area contributed by atoms with E-state index in [2.05, 4.69) is 0 Å². The van der Waals surface area contributed by atoms with Crippen molar-refractivity contribution in [3.05, 3.63) is 0 Å². The maximum Gasteiger partial charge on any atom is 0.335 e. The molecule has 3 nitrogen and oxygen atoms in total. The molecular weight excluding hydrogens is 180 g/mol. The number of carbonyl (C=O) groups is 1. The minimum atomic E-state index is -1.50. The molecule has 3 atom stereocenters. The molecule has 14 heavy (non-hydrogen) atoms. The van der Waals surface area contributed by atoms with Crippen molar-refractivity contribution < 1.29 is 15.0 Å². The summed E-state index contributed by atoms with van der Waals surface area (Å²) in [6.07, 6.45) is 4.40. The number of hydrogen-bond donors (Lipinski definition) is 2. The first-order valence-electron chi connectivity index (χ1n) is 5.48. The van der Waals surface area contributed by atoms with Crippen molar-refractivity contribution in [3.63, 3.8) is 0 Å². The second-order valence-corrected chi connectivity index (χ2v) is 4.45. The van der Waals surface area contributed by atoms with Gasteiger partial charge in [-0.25, -0.2) is 4.79 Å². The Morgan fingerprint density at radius 3 is 2.43 bits per heavy atom. The van der Waals surface area contributed by atoms with Gasteiger partial charge in [-0.2, -0.15) is 0 Å². The highest BCUT2D eigenvalue weighted by atomic mass is 16.4. The van der Waals surface area contributed by atoms with Crippen LogP contribution in [0.2, 0.25) is 0 Å². The van der Waals surface area contributed by atoms with Crippen molar-refractivity contribution in [2.45, 2.75) is 51.6 Å². The van der Waals surface area contributed by atoms with Crippen LogP contribution in [0.25, 0.3) is 0 Å². The predicted octanol–water partition coefficient (Wildman–Crippen LogP) is 2.04. The molecule has 1 rings (SSSR count). The number of carboxylic acid groups (broad SMARTS) is 1. The molecule has 0 aromatic heterocycles. The molecule has 0 aliphatic heterocycles. The van der Waals surface area contributed by atoms with E-state index < -0.39 is 11.6 Å². The highest BCUT2D eigenvalue weighted by Crippen LogP contribution is 2.38. The third-order valence-electron chi connectivity index (χ3n) is 3.63. The van der Waals surface area contributed by atoms with E-state index >= 15 is 0 Å². The quantitative estimate of drug-likeness (QED) is 0.733. The van der Waals surface area contributed by atoms with Gasteiger partial charge in [-0.3, -0.25) is 0 Å². The molecule has 1 fully saturated rings.